The lowest BCUT2D eigenvalue weighted by Gasteiger charge is -2.18. The number of hydrogen-bond acceptors (Lipinski definition) is 13. The second-order valence-electron chi connectivity index (χ2n) is 9.30. The molecular weight excluding hydrogens is 524 g/mol. The van der Waals surface area contributed by atoms with Gasteiger partial charge < -0.3 is 39.8 Å². The maximum Gasteiger partial charge on any atom is 0.290 e. The average Bonchev–Trinajstić information content (AvgIpc) is 3.72. The molecule has 0 unspecified atom stereocenters. The Morgan fingerprint density at radius 3 is 2.50 bits per heavy atom. The molecule has 1 aliphatic rings. The standard InChI is InChI=1S/C23H32N10O4.CH2O2/c1-5-13(6-2)28-19-15-20(30-23(29-19)24-8-7-14-9-32(4)10-25-14)33(11-26-15)22-17(35)16(34)18(36-22)21-27-12(3)31-37-21;2-1-3/h9-11,13,16-18,22,34-35H,5-8H2,1-4H3,(H2,24,28,29,30);1H,(H,2,3)/t16-,17+,18-,22+;/m0./s1. The van der Waals surface area contributed by atoms with Crippen molar-refractivity contribution in [2.45, 2.75) is 70.6 Å². The molecule has 0 amide bonds. The van der Waals surface area contributed by atoms with E-state index in [-0.39, 0.29) is 18.4 Å². The Morgan fingerprint density at radius 1 is 1.12 bits per heavy atom. The van der Waals surface area contributed by atoms with Crippen molar-refractivity contribution in [3.63, 3.8) is 0 Å². The van der Waals surface area contributed by atoms with Crippen molar-refractivity contribution >= 4 is 29.4 Å². The minimum atomic E-state index is -1.28. The zero-order valence-electron chi connectivity index (χ0n) is 22.7. The number of carbonyl (C=O) groups is 1. The molecule has 0 aromatic carbocycles. The first-order chi connectivity index (χ1) is 19.3. The van der Waals surface area contributed by atoms with Gasteiger partial charge in [0, 0.05) is 32.3 Å². The highest BCUT2D eigenvalue weighted by Crippen LogP contribution is 2.39. The number of nitrogens with one attached hydrogen (secondary N) is 2. The van der Waals surface area contributed by atoms with Gasteiger partial charge >= 0.3 is 0 Å². The zero-order chi connectivity index (χ0) is 28.8. The number of aromatic nitrogens is 8. The van der Waals surface area contributed by atoms with Crippen LogP contribution in [0, 0.1) is 6.92 Å². The Labute approximate surface area is 229 Å². The lowest BCUT2D eigenvalue weighted by atomic mass is 10.1. The predicted molar refractivity (Wildman–Crippen MR) is 141 cm³/mol. The average molecular weight is 559 g/mol. The van der Waals surface area contributed by atoms with Gasteiger partial charge in [-0.05, 0) is 19.8 Å². The number of fused-ring (bicyclic) bond motifs is 1. The number of carboxylic acid groups (broad SMARTS) is 1. The summed E-state index contributed by atoms with van der Waals surface area (Å²) in [7, 11) is 1.93. The molecule has 5 rings (SSSR count). The van der Waals surface area contributed by atoms with Crippen LogP contribution in [-0.2, 0) is 23.0 Å². The molecule has 40 heavy (non-hydrogen) atoms. The van der Waals surface area contributed by atoms with E-state index in [2.05, 4.69) is 49.6 Å². The first kappa shape index (κ1) is 28.8. The third kappa shape index (κ3) is 6.19. The molecule has 0 spiro atoms. The summed E-state index contributed by atoms with van der Waals surface area (Å²) in [6, 6.07) is 0.199. The highest BCUT2D eigenvalue weighted by molar-refractivity contribution is 5.84. The lowest BCUT2D eigenvalue weighted by molar-refractivity contribution is -0.122. The topological polar surface area (TPSA) is 211 Å². The maximum atomic E-state index is 10.9. The van der Waals surface area contributed by atoms with Gasteiger partial charge in [0.1, 0.15) is 12.2 Å². The SMILES string of the molecule is CCC(CC)Nc1nc(NCCc2cn(C)cn2)nc2c1ncn2[C@@H]1O[C@H](c2nc(C)no2)[C@@H](O)[C@H]1O.O=CO. The van der Waals surface area contributed by atoms with Crippen molar-refractivity contribution in [1.82, 2.24) is 39.2 Å². The predicted octanol–water partition coefficient (Wildman–Crippen LogP) is 1.20. The van der Waals surface area contributed by atoms with E-state index in [1.807, 2.05) is 17.8 Å². The first-order valence-electron chi connectivity index (χ1n) is 12.9. The lowest BCUT2D eigenvalue weighted by Crippen LogP contribution is -2.29. The van der Waals surface area contributed by atoms with Crippen LogP contribution < -0.4 is 10.6 Å². The van der Waals surface area contributed by atoms with Gasteiger partial charge in [0.15, 0.2) is 35.1 Å². The van der Waals surface area contributed by atoms with E-state index in [1.165, 1.54) is 6.33 Å². The molecule has 5 heterocycles. The van der Waals surface area contributed by atoms with Crippen LogP contribution >= 0.6 is 0 Å². The third-order valence-corrected chi connectivity index (χ3v) is 6.47. The molecule has 4 atom stereocenters. The number of aryl methyl sites for hydroxylation is 2. The largest absolute Gasteiger partial charge is 0.483 e. The first-order valence-corrected chi connectivity index (χ1v) is 12.9. The number of aliphatic hydroxyl groups is 2. The third-order valence-electron chi connectivity index (χ3n) is 6.47. The van der Waals surface area contributed by atoms with Gasteiger partial charge in [0.2, 0.25) is 5.95 Å². The van der Waals surface area contributed by atoms with E-state index in [1.54, 1.807) is 17.8 Å². The van der Waals surface area contributed by atoms with Crippen molar-refractivity contribution in [2.24, 2.45) is 7.05 Å². The Bertz CT molecular complexity index is 1400. The molecule has 4 aromatic rings. The monoisotopic (exact) mass is 558 g/mol. The fourth-order valence-electron chi connectivity index (χ4n) is 4.39. The Hall–Kier alpha value is -4.15. The Balaban J connectivity index is 0.00000118. The number of hydrogen-bond donors (Lipinski definition) is 5. The summed E-state index contributed by atoms with van der Waals surface area (Å²) in [5.74, 6) is 1.48. The maximum absolute atomic E-state index is 10.9. The Morgan fingerprint density at radius 2 is 1.88 bits per heavy atom. The second kappa shape index (κ2) is 12.8. The highest BCUT2D eigenvalue weighted by Gasteiger charge is 2.47. The van der Waals surface area contributed by atoms with E-state index in [0.717, 1.165) is 18.5 Å². The van der Waals surface area contributed by atoms with Gasteiger partial charge in [-0.25, -0.2) is 9.97 Å². The summed E-state index contributed by atoms with van der Waals surface area (Å²) in [6.45, 7) is 6.20. The second-order valence-corrected chi connectivity index (χ2v) is 9.30. The van der Waals surface area contributed by atoms with Gasteiger partial charge in [-0.1, -0.05) is 19.0 Å². The summed E-state index contributed by atoms with van der Waals surface area (Å²) in [5.41, 5.74) is 1.93. The molecule has 0 radical (unpaired) electrons. The molecule has 216 valence electrons. The number of imidazole rings is 2. The van der Waals surface area contributed by atoms with Crippen LogP contribution in [0.25, 0.3) is 11.2 Å². The van der Waals surface area contributed by atoms with Gasteiger partial charge in [0.25, 0.3) is 12.4 Å². The molecule has 4 aromatic heterocycles. The van der Waals surface area contributed by atoms with E-state index in [0.29, 0.717) is 41.7 Å². The number of ether oxygens (including phenoxy) is 1. The van der Waals surface area contributed by atoms with Crippen molar-refractivity contribution in [3.05, 3.63) is 36.3 Å². The number of nitrogens with zero attached hydrogens (tertiary/aromatic N) is 8. The van der Waals surface area contributed by atoms with Crippen LogP contribution in [0.2, 0.25) is 0 Å². The van der Waals surface area contributed by atoms with E-state index >= 15 is 0 Å². The summed E-state index contributed by atoms with van der Waals surface area (Å²) in [4.78, 5) is 30.8. The van der Waals surface area contributed by atoms with Gasteiger partial charge in [-0.15, -0.1) is 0 Å². The molecule has 16 nitrogen and oxygen atoms in total. The van der Waals surface area contributed by atoms with Gasteiger partial charge in [-0.2, -0.15) is 15.0 Å². The molecule has 0 bridgehead atoms. The molecule has 1 aliphatic heterocycles. The van der Waals surface area contributed by atoms with Crippen molar-refractivity contribution in [3.8, 4) is 0 Å². The van der Waals surface area contributed by atoms with Crippen molar-refractivity contribution < 1.29 is 29.4 Å². The van der Waals surface area contributed by atoms with Crippen LogP contribution in [0.5, 0.6) is 0 Å². The van der Waals surface area contributed by atoms with E-state index in [4.69, 9.17) is 24.1 Å². The van der Waals surface area contributed by atoms with E-state index in [9.17, 15) is 10.2 Å². The molecular formula is C24H34N10O6. The number of rotatable bonds is 10. The Kier molecular flexibility index (Phi) is 9.23. The molecule has 0 aliphatic carbocycles. The van der Waals surface area contributed by atoms with Crippen molar-refractivity contribution in [2.75, 3.05) is 17.2 Å². The molecule has 1 fully saturated rings. The molecule has 1 saturated heterocycles. The quantitative estimate of drug-likeness (QED) is 0.173. The van der Waals surface area contributed by atoms with Gasteiger partial charge in [-0.3, -0.25) is 9.36 Å². The van der Waals surface area contributed by atoms with Crippen molar-refractivity contribution in [1.29, 1.82) is 0 Å². The van der Waals surface area contributed by atoms with Gasteiger partial charge in [0.05, 0.1) is 18.3 Å². The summed E-state index contributed by atoms with van der Waals surface area (Å²) < 4.78 is 14.7. The molecule has 5 N–H and O–H groups in total. The van der Waals surface area contributed by atoms with Crippen LogP contribution in [-0.4, -0.2) is 85.8 Å². The molecule has 16 heteroatoms. The van der Waals surface area contributed by atoms with E-state index < -0.39 is 24.5 Å². The van der Waals surface area contributed by atoms with Crippen LogP contribution in [0.4, 0.5) is 11.8 Å². The molecule has 0 saturated carbocycles. The summed E-state index contributed by atoms with van der Waals surface area (Å²) in [5, 5.41) is 38.9. The fraction of sp³-hybridized carbons (Fsp3) is 0.542. The minimum absolute atomic E-state index is 0.0959. The van der Waals surface area contributed by atoms with Crippen LogP contribution in [0.3, 0.4) is 0 Å². The summed E-state index contributed by atoms with van der Waals surface area (Å²) >= 11 is 0. The summed E-state index contributed by atoms with van der Waals surface area (Å²) in [6.07, 6.45) is 3.25. The minimum Gasteiger partial charge on any atom is -0.483 e. The highest BCUT2D eigenvalue weighted by atomic mass is 16.6. The normalized spacial score (nSPS) is 20.5. The van der Waals surface area contributed by atoms with Crippen LogP contribution in [0.1, 0.15) is 56.4 Å². The zero-order valence-corrected chi connectivity index (χ0v) is 22.7. The smallest absolute Gasteiger partial charge is 0.290 e. The fourth-order valence-corrected chi connectivity index (χ4v) is 4.39. The van der Waals surface area contributed by atoms with Crippen LogP contribution in [0.15, 0.2) is 23.4 Å². The number of aliphatic hydroxyl groups excluding tert-OH is 2. The number of anilines is 2.